The number of hydrogen-bond acceptors (Lipinski definition) is 5. The number of anilines is 1. The van der Waals surface area contributed by atoms with E-state index in [1.54, 1.807) is 16.9 Å². The first-order valence-electron chi connectivity index (χ1n) is 7.00. The fourth-order valence-corrected chi connectivity index (χ4v) is 2.68. The summed E-state index contributed by atoms with van der Waals surface area (Å²) in [5.41, 5.74) is -0.0595. The predicted molar refractivity (Wildman–Crippen MR) is 75.4 cm³/mol. The maximum atomic E-state index is 12.7. The lowest BCUT2D eigenvalue weighted by Crippen LogP contribution is -2.33. The molecule has 21 heavy (non-hydrogen) atoms. The molecule has 0 atom stereocenters. The van der Waals surface area contributed by atoms with Crippen LogP contribution >= 0.6 is 0 Å². The van der Waals surface area contributed by atoms with Crippen LogP contribution in [0.25, 0.3) is 0 Å². The molecule has 0 aliphatic heterocycles. The Morgan fingerprint density at radius 2 is 1.90 bits per heavy atom. The van der Waals surface area contributed by atoms with Gasteiger partial charge in [0.25, 0.3) is 5.56 Å². The molecule has 2 heterocycles. The lowest BCUT2D eigenvalue weighted by atomic mass is 9.91. The summed E-state index contributed by atoms with van der Waals surface area (Å²) in [7, 11) is 0. The number of nitrogens with zero attached hydrogens (tertiary/aromatic N) is 4. The summed E-state index contributed by atoms with van der Waals surface area (Å²) < 4.78 is 14.3. The molecule has 2 aromatic heterocycles. The largest absolute Gasteiger partial charge is 0.351 e. The summed E-state index contributed by atoms with van der Waals surface area (Å²) in [6.07, 6.45) is 7.47. The first-order valence-corrected chi connectivity index (χ1v) is 7.00. The molecular formula is C14H16FN5O. The topological polar surface area (TPSA) is 72.7 Å². The molecule has 6 nitrogen and oxygen atoms in total. The molecule has 0 spiro atoms. The number of hydrogen-bond donors (Lipinski definition) is 1. The molecule has 1 saturated carbocycles. The molecule has 0 aromatic carbocycles. The van der Waals surface area contributed by atoms with Crippen molar-refractivity contribution in [2.45, 2.75) is 37.8 Å². The van der Waals surface area contributed by atoms with Crippen molar-refractivity contribution in [2.75, 3.05) is 5.32 Å². The molecule has 3 rings (SSSR count). The highest BCUT2D eigenvalue weighted by Crippen LogP contribution is 2.28. The van der Waals surface area contributed by atoms with Crippen molar-refractivity contribution in [3.8, 4) is 0 Å². The van der Waals surface area contributed by atoms with Crippen molar-refractivity contribution < 1.29 is 4.39 Å². The van der Waals surface area contributed by atoms with Gasteiger partial charge in [-0.2, -0.15) is 5.10 Å². The van der Waals surface area contributed by atoms with Gasteiger partial charge in [-0.25, -0.2) is 19.0 Å². The predicted octanol–water partition coefficient (Wildman–Crippen LogP) is 1.77. The van der Waals surface area contributed by atoms with Gasteiger partial charge in [0.2, 0.25) is 5.95 Å². The first-order chi connectivity index (χ1) is 10.2. The van der Waals surface area contributed by atoms with E-state index in [-0.39, 0.29) is 17.6 Å². The van der Waals surface area contributed by atoms with Crippen LogP contribution in [0.5, 0.6) is 0 Å². The zero-order valence-electron chi connectivity index (χ0n) is 11.4. The molecule has 0 radical (unpaired) electrons. The normalized spacial score (nSPS) is 22.0. The minimum atomic E-state index is -0.446. The van der Waals surface area contributed by atoms with Gasteiger partial charge in [-0.3, -0.25) is 4.79 Å². The van der Waals surface area contributed by atoms with Gasteiger partial charge >= 0.3 is 0 Å². The van der Waals surface area contributed by atoms with E-state index in [9.17, 15) is 9.18 Å². The maximum Gasteiger partial charge on any atom is 0.266 e. The summed E-state index contributed by atoms with van der Waals surface area (Å²) in [5, 5.41) is 7.34. The molecule has 1 aliphatic carbocycles. The Morgan fingerprint density at radius 3 is 2.57 bits per heavy atom. The Kier molecular flexibility index (Phi) is 3.89. The molecule has 1 N–H and O–H groups in total. The minimum Gasteiger partial charge on any atom is -0.351 e. The summed E-state index contributed by atoms with van der Waals surface area (Å²) >= 11 is 0. The van der Waals surface area contributed by atoms with E-state index in [4.69, 9.17) is 0 Å². The quantitative estimate of drug-likeness (QED) is 0.932. The molecular weight excluding hydrogens is 273 g/mol. The van der Waals surface area contributed by atoms with Gasteiger partial charge in [0.15, 0.2) is 5.82 Å². The van der Waals surface area contributed by atoms with Crippen LogP contribution in [0.3, 0.4) is 0 Å². The lowest BCUT2D eigenvalue weighted by Gasteiger charge is -2.29. The van der Waals surface area contributed by atoms with E-state index in [1.807, 2.05) is 0 Å². The molecule has 0 saturated heterocycles. The van der Waals surface area contributed by atoms with Crippen molar-refractivity contribution in [2.24, 2.45) is 0 Å². The molecule has 0 amide bonds. The first kappa shape index (κ1) is 13.7. The van der Waals surface area contributed by atoms with E-state index >= 15 is 0 Å². The SMILES string of the molecule is O=c1cccnn1C1CCC(Nc2ncc(F)cn2)CC1. The molecule has 110 valence electrons. The lowest BCUT2D eigenvalue weighted by molar-refractivity contribution is 0.303. The smallest absolute Gasteiger partial charge is 0.266 e. The van der Waals surface area contributed by atoms with Crippen LogP contribution in [0.15, 0.2) is 35.5 Å². The van der Waals surface area contributed by atoms with Crippen LogP contribution in [0.4, 0.5) is 10.3 Å². The molecule has 1 aliphatic rings. The Labute approximate surface area is 121 Å². The molecule has 2 aromatic rings. The standard InChI is InChI=1S/C14H16FN5O/c15-10-8-16-14(17-9-10)19-11-3-5-12(6-4-11)20-13(21)2-1-7-18-20/h1-2,7-9,11-12H,3-6H2,(H,16,17,19). The van der Waals surface area contributed by atoms with Crippen LogP contribution in [0, 0.1) is 5.82 Å². The minimum absolute atomic E-state index is 0.0595. The van der Waals surface area contributed by atoms with Gasteiger partial charge in [-0.15, -0.1) is 0 Å². The van der Waals surface area contributed by atoms with Gasteiger partial charge in [-0.05, 0) is 31.7 Å². The maximum absolute atomic E-state index is 12.7. The van der Waals surface area contributed by atoms with E-state index in [0.717, 1.165) is 38.1 Å². The second-order valence-corrected chi connectivity index (χ2v) is 5.18. The monoisotopic (exact) mass is 289 g/mol. The Bertz CT molecular complexity index is 649. The zero-order chi connectivity index (χ0) is 14.7. The Morgan fingerprint density at radius 1 is 1.19 bits per heavy atom. The molecule has 0 unspecified atom stereocenters. The van der Waals surface area contributed by atoms with Crippen molar-refractivity contribution >= 4 is 5.95 Å². The number of rotatable bonds is 3. The average molecular weight is 289 g/mol. The third kappa shape index (κ3) is 3.24. The van der Waals surface area contributed by atoms with Crippen LogP contribution in [0.1, 0.15) is 31.7 Å². The second kappa shape index (κ2) is 5.99. The average Bonchev–Trinajstić information content (AvgIpc) is 2.51. The number of nitrogens with one attached hydrogen (secondary N) is 1. The van der Waals surface area contributed by atoms with Gasteiger partial charge in [0, 0.05) is 18.3 Å². The Balaban J connectivity index is 1.59. The fourth-order valence-electron chi connectivity index (χ4n) is 2.68. The van der Waals surface area contributed by atoms with Crippen molar-refractivity contribution in [1.29, 1.82) is 0 Å². The third-order valence-electron chi connectivity index (χ3n) is 3.74. The van der Waals surface area contributed by atoms with Gasteiger partial charge in [0.1, 0.15) is 0 Å². The van der Waals surface area contributed by atoms with Gasteiger partial charge in [-0.1, -0.05) is 0 Å². The Hall–Kier alpha value is -2.31. The van der Waals surface area contributed by atoms with Crippen LogP contribution in [-0.2, 0) is 0 Å². The summed E-state index contributed by atoms with van der Waals surface area (Å²) in [4.78, 5) is 19.6. The van der Waals surface area contributed by atoms with E-state index in [2.05, 4.69) is 20.4 Å². The molecule has 1 fully saturated rings. The van der Waals surface area contributed by atoms with Crippen LogP contribution in [0.2, 0.25) is 0 Å². The molecule has 7 heteroatoms. The van der Waals surface area contributed by atoms with Crippen LogP contribution < -0.4 is 10.9 Å². The van der Waals surface area contributed by atoms with Gasteiger partial charge in [0.05, 0.1) is 18.4 Å². The van der Waals surface area contributed by atoms with Crippen molar-refractivity contribution in [1.82, 2.24) is 19.7 Å². The fraction of sp³-hybridized carbons (Fsp3) is 0.429. The third-order valence-corrected chi connectivity index (χ3v) is 3.74. The summed E-state index contributed by atoms with van der Waals surface area (Å²) in [6, 6.07) is 3.57. The van der Waals surface area contributed by atoms with Crippen molar-refractivity contribution in [3.05, 3.63) is 46.9 Å². The van der Waals surface area contributed by atoms with E-state index in [0.29, 0.717) is 5.95 Å². The summed E-state index contributed by atoms with van der Waals surface area (Å²) in [6.45, 7) is 0. The second-order valence-electron chi connectivity index (χ2n) is 5.18. The van der Waals surface area contributed by atoms with E-state index < -0.39 is 5.82 Å². The highest BCUT2D eigenvalue weighted by Gasteiger charge is 2.23. The number of halogens is 1. The highest BCUT2D eigenvalue weighted by molar-refractivity contribution is 5.24. The zero-order valence-corrected chi connectivity index (χ0v) is 11.4. The van der Waals surface area contributed by atoms with Crippen LogP contribution in [-0.4, -0.2) is 25.8 Å². The van der Waals surface area contributed by atoms with Gasteiger partial charge < -0.3 is 5.32 Å². The van der Waals surface area contributed by atoms with Crippen molar-refractivity contribution in [3.63, 3.8) is 0 Å². The molecule has 0 bridgehead atoms. The van der Waals surface area contributed by atoms with E-state index in [1.165, 1.54) is 6.07 Å². The highest BCUT2D eigenvalue weighted by atomic mass is 19.1. The number of aromatic nitrogens is 4. The summed E-state index contributed by atoms with van der Waals surface area (Å²) in [5.74, 6) is -0.00589.